The zero-order valence-corrected chi connectivity index (χ0v) is 36.7. The summed E-state index contributed by atoms with van der Waals surface area (Å²) in [7, 11) is -3.55. The molecule has 1 atom stereocenters. The van der Waals surface area contributed by atoms with Crippen LogP contribution in [0.3, 0.4) is 0 Å². The summed E-state index contributed by atoms with van der Waals surface area (Å²) in [5.41, 5.74) is 6.71. The Morgan fingerprint density at radius 1 is 0.887 bits per heavy atom. The van der Waals surface area contributed by atoms with Crippen LogP contribution >= 0.6 is 0 Å². The number of anilines is 6. The zero-order valence-electron chi connectivity index (χ0n) is 35.9. The number of rotatable bonds is 14. The quantitative estimate of drug-likeness (QED) is 0.0752. The summed E-state index contributed by atoms with van der Waals surface area (Å²) in [6.07, 6.45) is 7.70. The van der Waals surface area contributed by atoms with Gasteiger partial charge in [0.05, 0.1) is 16.0 Å². The topological polar surface area (TPSA) is 169 Å². The number of nitrogens with zero attached hydrogens (tertiary/aromatic N) is 5. The largest absolute Gasteiger partial charge is 0.384 e. The molecular formula is C46H56FN9O5S. The van der Waals surface area contributed by atoms with E-state index < -0.39 is 26.7 Å². The number of fused-ring (bicyclic) bond motifs is 2. The van der Waals surface area contributed by atoms with E-state index in [0.29, 0.717) is 60.3 Å². The predicted molar refractivity (Wildman–Crippen MR) is 239 cm³/mol. The number of sulfonamides is 1. The Kier molecular flexibility index (Phi) is 12.2. The van der Waals surface area contributed by atoms with E-state index in [1.165, 1.54) is 10.4 Å². The number of unbranched alkanes of at least 4 members (excludes halogenated alkanes) is 2. The zero-order chi connectivity index (χ0) is 43.8. The van der Waals surface area contributed by atoms with Crippen molar-refractivity contribution in [1.29, 1.82) is 0 Å². The number of hydrogen-bond acceptors (Lipinski definition) is 11. The Hall–Kier alpha value is -5.61. The van der Waals surface area contributed by atoms with E-state index in [9.17, 15) is 22.8 Å². The fraction of sp³-hybridized carbons (Fsp3) is 0.457. The molecule has 14 nitrogen and oxygen atoms in total. The number of nitrogens with one attached hydrogen (secondary N) is 4. The Morgan fingerprint density at radius 2 is 1.66 bits per heavy atom. The van der Waals surface area contributed by atoms with Crippen molar-refractivity contribution in [3.8, 4) is 0 Å². The average molecular weight is 866 g/mol. The van der Waals surface area contributed by atoms with Gasteiger partial charge in [-0.05, 0) is 139 Å². The van der Waals surface area contributed by atoms with Crippen molar-refractivity contribution >= 4 is 62.3 Å². The van der Waals surface area contributed by atoms with E-state index in [2.05, 4.69) is 36.1 Å². The number of carbonyl (C=O) groups is 3. The van der Waals surface area contributed by atoms with Crippen molar-refractivity contribution in [3.63, 3.8) is 0 Å². The third kappa shape index (κ3) is 8.98. The van der Waals surface area contributed by atoms with Crippen molar-refractivity contribution in [2.24, 2.45) is 0 Å². The molecule has 0 bridgehead atoms. The molecule has 1 aromatic heterocycles. The van der Waals surface area contributed by atoms with Gasteiger partial charge in [-0.15, -0.1) is 0 Å². The lowest BCUT2D eigenvalue weighted by atomic mass is 9.89. The molecule has 4 aliphatic rings. The molecule has 2 fully saturated rings. The molecular weight excluding hydrogens is 810 g/mol. The number of likely N-dealkylation sites (tertiary alicyclic amines) is 1. The maximum Gasteiger partial charge on any atom is 0.257 e. The second-order valence-corrected chi connectivity index (χ2v) is 20.5. The summed E-state index contributed by atoms with van der Waals surface area (Å²) < 4.78 is 42.8. The van der Waals surface area contributed by atoms with Gasteiger partial charge in [0.15, 0.2) is 0 Å². The molecule has 0 aliphatic carbocycles. The van der Waals surface area contributed by atoms with Crippen LogP contribution in [-0.4, -0.2) is 89.4 Å². The molecule has 8 rings (SSSR count). The lowest BCUT2D eigenvalue weighted by molar-refractivity contribution is -0.136. The minimum Gasteiger partial charge on any atom is -0.384 e. The molecule has 328 valence electrons. The first-order chi connectivity index (χ1) is 29.7. The summed E-state index contributed by atoms with van der Waals surface area (Å²) in [5.74, 6) is -0.128. The summed E-state index contributed by atoms with van der Waals surface area (Å²) >= 11 is 0. The molecule has 4 aliphatic heterocycles. The molecule has 2 saturated heterocycles. The molecule has 0 saturated carbocycles. The number of carbonyl (C=O) groups excluding carboxylic acids is 3. The van der Waals surface area contributed by atoms with Gasteiger partial charge < -0.3 is 25.8 Å². The van der Waals surface area contributed by atoms with Crippen LogP contribution in [0.15, 0.2) is 60.8 Å². The van der Waals surface area contributed by atoms with Gasteiger partial charge in [0.2, 0.25) is 27.8 Å². The second kappa shape index (κ2) is 17.6. The summed E-state index contributed by atoms with van der Waals surface area (Å²) in [6, 6.07) is 16.1. The number of piperidine rings is 2. The van der Waals surface area contributed by atoms with Crippen molar-refractivity contribution in [2.45, 2.75) is 102 Å². The number of aromatic nitrogens is 2. The number of amides is 3. The van der Waals surface area contributed by atoms with Gasteiger partial charge in [0, 0.05) is 54.9 Å². The van der Waals surface area contributed by atoms with Gasteiger partial charge in [-0.1, -0.05) is 30.7 Å². The van der Waals surface area contributed by atoms with Crippen LogP contribution in [0.1, 0.15) is 104 Å². The fourth-order valence-corrected chi connectivity index (χ4v) is 10.3. The van der Waals surface area contributed by atoms with Crippen molar-refractivity contribution in [2.75, 3.05) is 53.0 Å². The van der Waals surface area contributed by atoms with Crippen LogP contribution in [0, 0.1) is 12.7 Å². The number of benzene rings is 3. The van der Waals surface area contributed by atoms with Gasteiger partial charge in [0.25, 0.3) is 5.91 Å². The first kappa shape index (κ1) is 43.1. The normalized spacial score (nSPS) is 18.5. The number of halogens is 1. The molecule has 62 heavy (non-hydrogen) atoms. The molecule has 3 amide bonds. The Morgan fingerprint density at radius 3 is 2.42 bits per heavy atom. The highest BCUT2D eigenvalue weighted by Gasteiger charge is 2.41. The smallest absolute Gasteiger partial charge is 0.257 e. The first-order valence-corrected chi connectivity index (χ1v) is 23.2. The predicted octanol–water partition coefficient (Wildman–Crippen LogP) is 7.12. The molecule has 0 radical (unpaired) electrons. The third-order valence-electron chi connectivity index (χ3n) is 12.5. The molecule has 4 aromatic rings. The lowest BCUT2D eigenvalue weighted by Crippen LogP contribution is -2.52. The van der Waals surface area contributed by atoms with Crippen LogP contribution in [-0.2, 0) is 32.6 Å². The standard InChI is InChI=1S/C46H56FN9O5S/c1-29-27-49-45(53-42(29)50-34-12-11-31-19-24-56(39(31)26-34)62(60,61)46(2,3)4)51-33-13-14-35(36(47)25-33)30-17-22-54(23-18-30)21-7-5-6-20-48-37-10-8-9-32-28-55(44(59)41(32)37)38-15-16-40(57)52-43(38)58/h8-14,25-27,30,38,48H,5-7,15-24,28H2,1-4H3,(H,52,57,58)(H2,49,50,51,53). The van der Waals surface area contributed by atoms with Crippen molar-refractivity contribution < 1.29 is 27.2 Å². The first-order valence-electron chi connectivity index (χ1n) is 21.7. The minimum absolute atomic E-state index is 0.138. The van der Waals surface area contributed by atoms with Gasteiger partial charge in [-0.3, -0.25) is 24.0 Å². The second-order valence-electron chi connectivity index (χ2n) is 17.8. The van der Waals surface area contributed by atoms with E-state index in [0.717, 1.165) is 86.2 Å². The van der Waals surface area contributed by atoms with Gasteiger partial charge in [-0.2, -0.15) is 4.98 Å². The van der Waals surface area contributed by atoms with Crippen LogP contribution in [0.4, 0.5) is 38.9 Å². The number of aryl methyl sites for hydroxylation is 1. The Balaban J connectivity index is 0.782. The minimum atomic E-state index is -3.55. The van der Waals surface area contributed by atoms with E-state index in [-0.39, 0.29) is 30.0 Å². The maximum absolute atomic E-state index is 15.6. The van der Waals surface area contributed by atoms with E-state index in [1.54, 1.807) is 31.9 Å². The van der Waals surface area contributed by atoms with E-state index in [1.807, 2.05) is 55.5 Å². The highest BCUT2D eigenvalue weighted by molar-refractivity contribution is 7.94. The number of hydrogen-bond donors (Lipinski definition) is 4. The summed E-state index contributed by atoms with van der Waals surface area (Å²) in [4.78, 5) is 50.6. The van der Waals surface area contributed by atoms with Gasteiger partial charge in [-0.25, -0.2) is 17.8 Å². The fourth-order valence-electron chi connectivity index (χ4n) is 8.93. The molecule has 1 unspecified atom stereocenters. The summed E-state index contributed by atoms with van der Waals surface area (Å²) in [6.45, 7) is 11.3. The van der Waals surface area contributed by atoms with Crippen LogP contribution in [0.5, 0.6) is 0 Å². The van der Waals surface area contributed by atoms with Crippen LogP contribution in [0.25, 0.3) is 0 Å². The van der Waals surface area contributed by atoms with Gasteiger partial charge >= 0.3 is 0 Å². The molecule has 5 heterocycles. The molecule has 4 N–H and O–H groups in total. The summed E-state index contributed by atoms with van der Waals surface area (Å²) in [5, 5.41) is 12.3. The van der Waals surface area contributed by atoms with Crippen molar-refractivity contribution in [3.05, 3.63) is 94.4 Å². The van der Waals surface area contributed by atoms with Crippen LogP contribution in [0.2, 0.25) is 0 Å². The van der Waals surface area contributed by atoms with E-state index in [4.69, 9.17) is 0 Å². The molecule has 0 spiro atoms. The third-order valence-corrected chi connectivity index (χ3v) is 15.0. The molecule has 3 aromatic carbocycles. The SMILES string of the molecule is Cc1cnc(Nc2ccc(C3CCN(CCCCCNc4cccc5c4C(=O)N(C4CCC(=O)NC4=O)C5)CC3)c(F)c2)nc1Nc1ccc2c(c1)N(S(=O)(=O)C(C)(C)C)CC2. The van der Waals surface area contributed by atoms with Crippen LogP contribution < -0.4 is 25.6 Å². The maximum atomic E-state index is 15.6. The lowest BCUT2D eigenvalue weighted by Gasteiger charge is -2.32. The van der Waals surface area contributed by atoms with Gasteiger partial charge in [0.1, 0.15) is 17.7 Å². The highest BCUT2D eigenvalue weighted by atomic mass is 32.2. The average Bonchev–Trinajstić information content (AvgIpc) is 3.81. The Labute approximate surface area is 363 Å². The van der Waals surface area contributed by atoms with Crippen molar-refractivity contribution in [1.82, 2.24) is 25.1 Å². The molecule has 16 heteroatoms. The highest BCUT2D eigenvalue weighted by Crippen LogP contribution is 2.38. The monoisotopic (exact) mass is 865 g/mol. The Bertz CT molecular complexity index is 2480. The van der Waals surface area contributed by atoms with E-state index >= 15 is 4.39 Å². The number of imide groups is 1.